The van der Waals surface area contributed by atoms with E-state index in [1.54, 1.807) is 12.1 Å². The molecule has 2 aromatic carbocycles. The Morgan fingerprint density at radius 2 is 1.80 bits per heavy atom. The molecule has 130 valence electrons. The van der Waals surface area contributed by atoms with E-state index in [0.717, 1.165) is 30.8 Å². The molecule has 2 aromatic rings. The van der Waals surface area contributed by atoms with Crippen molar-refractivity contribution in [2.24, 2.45) is 0 Å². The third-order valence-electron chi connectivity index (χ3n) is 4.51. The van der Waals surface area contributed by atoms with Gasteiger partial charge in [0.25, 0.3) is 0 Å². The Morgan fingerprint density at radius 1 is 1.08 bits per heavy atom. The molecule has 1 saturated heterocycles. The normalized spacial score (nSPS) is 15.6. The predicted molar refractivity (Wildman–Crippen MR) is 97.0 cm³/mol. The van der Waals surface area contributed by atoms with Crippen LogP contribution in [0, 0.1) is 5.82 Å². The Kier molecular flexibility index (Phi) is 5.61. The Bertz CT molecular complexity index is 762. The number of hydrogen-bond acceptors (Lipinski definition) is 3. The first-order chi connectivity index (χ1) is 12.1. The van der Waals surface area contributed by atoms with Crippen LogP contribution in [0.25, 0.3) is 6.08 Å². The molecule has 0 saturated carbocycles. The number of hydrogen-bond donors (Lipinski definition) is 1. The highest BCUT2D eigenvalue weighted by Crippen LogP contribution is 2.23. The Morgan fingerprint density at radius 3 is 2.48 bits per heavy atom. The zero-order valence-electron chi connectivity index (χ0n) is 14.1. The van der Waals surface area contributed by atoms with E-state index < -0.39 is 0 Å². The standard InChI is InChI=1S/C21H22FNO2/c22-19-9-7-17(8-10-19)20(24)11-5-16-4-6-18(21(25)14-16)15-23-12-2-1-3-13-23/h4-11,14,25H,1-3,12-13,15H2/b11-5+. The fourth-order valence-corrected chi connectivity index (χ4v) is 3.06. The summed E-state index contributed by atoms with van der Waals surface area (Å²) in [5, 5.41) is 10.2. The van der Waals surface area contributed by atoms with Crippen LogP contribution in [0.1, 0.15) is 40.7 Å². The monoisotopic (exact) mass is 339 g/mol. The molecule has 0 bridgehead atoms. The van der Waals surface area contributed by atoms with Gasteiger partial charge < -0.3 is 5.11 Å². The first kappa shape index (κ1) is 17.4. The van der Waals surface area contributed by atoms with Crippen LogP contribution in [0.15, 0.2) is 48.5 Å². The molecule has 0 radical (unpaired) electrons. The topological polar surface area (TPSA) is 40.5 Å². The van der Waals surface area contributed by atoms with E-state index in [0.29, 0.717) is 5.56 Å². The molecule has 3 rings (SSSR count). The number of carbonyl (C=O) groups is 1. The zero-order chi connectivity index (χ0) is 17.6. The van der Waals surface area contributed by atoms with Crippen molar-refractivity contribution in [1.82, 2.24) is 4.90 Å². The number of ketones is 1. The number of piperidine rings is 1. The fraction of sp³-hybridized carbons (Fsp3) is 0.286. The molecule has 4 heteroatoms. The molecule has 1 aliphatic heterocycles. The minimum Gasteiger partial charge on any atom is -0.508 e. The minimum atomic E-state index is -0.366. The van der Waals surface area contributed by atoms with Crippen molar-refractivity contribution in [1.29, 1.82) is 0 Å². The van der Waals surface area contributed by atoms with Crippen molar-refractivity contribution in [2.75, 3.05) is 13.1 Å². The molecule has 25 heavy (non-hydrogen) atoms. The second-order valence-corrected chi connectivity index (χ2v) is 6.43. The molecule has 1 fully saturated rings. The molecule has 0 atom stereocenters. The summed E-state index contributed by atoms with van der Waals surface area (Å²) in [6.45, 7) is 2.91. The van der Waals surface area contributed by atoms with Crippen LogP contribution in [0.2, 0.25) is 0 Å². The highest BCUT2D eigenvalue weighted by atomic mass is 19.1. The van der Waals surface area contributed by atoms with Gasteiger partial charge in [0.1, 0.15) is 11.6 Å². The average molecular weight is 339 g/mol. The molecule has 1 N–H and O–H groups in total. The smallest absolute Gasteiger partial charge is 0.185 e. The number of phenolic OH excluding ortho intramolecular Hbond substituents is 1. The summed E-state index contributed by atoms with van der Waals surface area (Å²) in [7, 11) is 0. The Hall–Kier alpha value is -2.46. The molecule has 0 spiro atoms. The Balaban J connectivity index is 1.65. The maximum Gasteiger partial charge on any atom is 0.185 e. The maximum atomic E-state index is 12.9. The fourth-order valence-electron chi connectivity index (χ4n) is 3.06. The predicted octanol–water partition coefficient (Wildman–Crippen LogP) is 4.41. The van der Waals surface area contributed by atoms with Gasteiger partial charge in [0.05, 0.1) is 0 Å². The van der Waals surface area contributed by atoms with Crippen LogP contribution in [0.4, 0.5) is 4.39 Å². The van der Waals surface area contributed by atoms with E-state index in [1.165, 1.54) is 49.6 Å². The first-order valence-corrected chi connectivity index (χ1v) is 8.64. The van der Waals surface area contributed by atoms with Gasteiger partial charge in [-0.3, -0.25) is 9.69 Å². The quantitative estimate of drug-likeness (QED) is 0.648. The summed E-state index contributed by atoms with van der Waals surface area (Å²) in [5.74, 6) is -0.311. The van der Waals surface area contributed by atoms with Crippen LogP contribution in [-0.2, 0) is 6.54 Å². The van der Waals surface area contributed by atoms with Crippen LogP contribution in [0.3, 0.4) is 0 Å². The van der Waals surface area contributed by atoms with Gasteiger partial charge in [0, 0.05) is 17.7 Å². The molecule has 0 unspecified atom stereocenters. The summed E-state index contributed by atoms with van der Waals surface area (Å²) >= 11 is 0. The van der Waals surface area contributed by atoms with Gasteiger partial charge in [-0.2, -0.15) is 0 Å². The van der Waals surface area contributed by atoms with Crippen molar-refractivity contribution >= 4 is 11.9 Å². The summed E-state index contributed by atoms with van der Waals surface area (Å²) < 4.78 is 12.9. The molecule has 1 heterocycles. The number of aromatic hydroxyl groups is 1. The van der Waals surface area contributed by atoms with Gasteiger partial charge in [-0.05, 0) is 67.9 Å². The number of rotatable bonds is 5. The summed E-state index contributed by atoms with van der Waals surface area (Å²) in [5.41, 5.74) is 2.10. The number of likely N-dealkylation sites (tertiary alicyclic amines) is 1. The van der Waals surface area contributed by atoms with E-state index >= 15 is 0 Å². The van der Waals surface area contributed by atoms with Gasteiger partial charge >= 0.3 is 0 Å². The van der Waals surface area contributed by atoms with Gasteiger partial charge in [0.15, 0.2) is 5.78 Å². The second kappa shape index (κ2) is 8.08. The second-order valence-electron chi connectivity index (χ2n) is 6.43. The third-order valence-corrected chi connectivity index (χ3v) is 4.51. The van der Waals surface area contributed by atoms with Gasteiger partial charge in [-0.15, -0.1) is 0 Å². The first-order valence-electron chi connectivity index (χ1n) is 8.64. The third kappa shape index (κ3) is 4.77. The molecule has 0 amide bonds. The molecule has 0 aromatic heterocycles. The van der Waals surface area contributed by atoms with E-state index in [9.17, 15) is 14.3 Å². The lowest BCUT2D eigenvalue weighted by molar-refractivity contribution is 0.104. The largest absolute Gasteiger partial charge is 0.508 e. The number of phenols is 1. The van der Waals surface area contributed by atoms with Crippen LogP contribution in [0.5, 0.6) is 5.75 Å². The van der Waals surface area contributed by atoms with Crippen molar-refractivity contribution in [3.8, 4) is 5.75 Å². The number of nitrogens with zero attached hydrogens (tertiary/aromatic N) is 1. The number of allylic oxidation sites excluding steroid dienone is 1. The number of halogens is 1. The lowest BCUT2D eigenvalue weighted by atomic mass is 10.1. The molecule has 1 aliphatic rings. The van der Waals surface area contributed by atoms with Crippen LogP contribution in [-0.4, -0.2) is 28.9 Å². The van der Waals surface area contributed by atoms with Gasteiger partial charge in [-0.1, -0.05) is 24.6 Å². The molecular formula is C21H22FNO2. The van der Waals surface area contributed by atoms with E-state index in [1.807, 2.05) is 12.1 Å². The van der Waals surface area contributed by atoms with Crippen molar-refractivity contribution in [3.63, 3.8) is 0 Å². The average Bonchev–Trinajstić information content (AvgIpc) is 2.63. The highest BCUT2D eigenvalue weighted by Gasteiger charge is 2.12. The minimum absolute atomic E-state index is 0.197. The van der Waals surface area contributed by atoms with Crippen LogP contribution < -0.4 is 0 Å². The van der Waals surface area contributed by atoms with Crippen molar-refractivity contribution in [2.45, 2.75) is 25.8 Å². The van der Waals surface area contributed by atoms with E-state index in [4.69, 9.17) is 0 Å². The van der Waals surface area contributed by atoms with Gasteiger partial charge in [0.2, 0.25) is 0 Å². The van der Waals surface area contributed by atoms with E-state index in [-0.39, 0.29) is 17.3 Å². The summed E-state index contributed by atoms with van der Waals surface area (Å²) in [6.07, 6.45) is 6.82. The molecule has 0 aliphatic carbocycles. The number of benzene rings is 2. The highest BCUT2D eigenvalue weighted by molar-refractivity contribution is 6.06. The molecule has 3 nitrogen and oxygen atoms in total. The lowest BCUT2D eigenvalue weighted by Crippen LogP contribution is -2.29. The van der Waals surface area contributed by atoms with Crippen LogP contribution >= 0.6 is 0 Å². The molecular weight excluding hydrogens is 317 g/mol. The Labute approximate surface area is 147 Å². The zero-order valence-corrected chi connectivity index (χ0v) is 14.1. The summed E-state index contributed by atoms with van der Waals surface area (Å²) in [6, 6.07) is 10.9. The van der Waals surface area contributed by atoms with Crippen molar-refractivity contribution in [3.05, 3.63) is 71.0 Å². The number of carbonyl (C=O) groups excluding carboxylic acids is 1. The maximum absolute atomic E-state index is 12.9. The summed E-state index contributed by atoms with van der Waals surface area (Å²) in [4.78, 5) is 14.4. The van der Waals surface area contributed by atoms with Crippen molar-refractivity contribution < 1.29 is 14.3 Å². The van der Waals surface area contributed by atoms with E-state index in [2.05, 4.69) is 4.90 Å². The SMILES string of the molecule is O=C(/C=C/c1ccc(CN2CCCCC2)c(O)c1)c1ccc(F)cc1. The van der Waals surface area contributed by atoms with Gasteiger partial charge in [-0.25, -0.2) is 4.39 Å². The lowest BCUT2D eigenvalue weighted by Gasteiger charge is -2.26.